The Kier molecular flexibility index (Phi) is 5.93. The third kappa shape index (κ3) is 4.68. The molecular weight excluding hydrogens is 361 g/mol. The first kappa shape index (κ1) is 19.4. The number of nitrogens with one attached hydrogen (secondary N) is 2. The highest BCUT2D eigenvalue weighted by Gasteiger charge is 2.12. The number of hydrogen-bond donors (Lipinski definition) is 2. The van der Waals surface area contributed by atoms with Gasteiger partial charge in [-0.3, -0.25) is 9.89 Å². The molecule has 0 unspecified atom stereocenters. The molecule has 0 saturated heterocycles. The molecule has 0 aliphatic rings. The number of aromatic amines is 1. The van der Waals surface area contributed by atoms with Gasteiger partial charge in [0.15, 0.2) is 5.82 Å². The minimum Gasteiger partial charge on any atom is -0.497 e. The maximum absolute atomic E-state index is 13.4. The molecule has 0 fully saturated rings. The van der Waals surface area contributed by atoms with Gasteiger partial charge in [0, 0.05) is 23.4 Å². The number of anilines is 1. The lowest BCUT2D eigenvalue weighted by Gasteiger charge is -2.08. The maximum Gasteiger partial charge on any atom is 0.257 e. The molecule has 1 amide bonds. The van der Waals surface area contributed by atoms with E-state index in [9.17, 15) is 9.18 Å². The van der Waals surface area contributed by atoms with Crippen LogP contribution in [-0.2, 0) is 12.8 Å². The number of halogens is 1. The number of H-pyrrole nitrogens is 1. The van der Waals surface area contributed by atoms with Crippen LogP contribution in [0.15, 0.2) is 42.5 Å². The van der Waals surface area contributed by atoms with E-state index in [2.05, 4.69) is 15.5 Å². The second kappa shape index (κ2) is 8.56. The number of rotatable bonds is 7. The van der Waals surface area contributed by atoms with Crippen LogP contribution in [0.25, 0.3) is 0 Å². The second-order valence-corrected chi connectivity index (χ2v) is 6.41. The molecule has 6 nitrogen and oxygen atoms in total. The van der Waals surface area contributed by atoms with Gasteiger partial charge in [-0.1, -0.05) is 6.07 Å². The summed E-state index contributed by atoms with van der Waals surface area (Å²) < 4.78 is 24.0. The molecule has 7 heteroatoms. The van der Waals surface area contributed by atoms with E-state index in [0.29, 0.717) is 17.8 Å². The quantitative estimate of drug-likeness (QED) is 0.649. The lowest BCUT2D eigenvalue weighted by molar-refractivity contribution is 0.102. The number of carbonyl (C=O) groups excluding carboxylic acids is 1. The Bertz CT molecular complexity index is 963. The van der Waals surface area contributed by atoms with Gasteiger partial charge in [-0.05, 0) is 55.2 Å². The predicted octanol–water partition coefficient (Wildman–Crippen LogP) is 3.91. The Balaban J connectivity index is 1.64. The topological polar surface area (TPSA) is 76.2 Å². The summed E-state index contributed by atoms with van der Waals surface area (Å²) in [4.78, 5) is 12.4. The van der Waals surface area contributed by atoms with Gasteiger partial charge in [-0.15, -0.1) is 0 Å². The summed E-state index contributed by atoms with van der Waals surface area (Å²) >= 11 is 0. The van der Waals surface area contributed by atoms with Crippen molar-refractivity contribution in [2.45, 2.75) is 19.8 Å². The molecule has 2 aromatic carbocycles. The van der Waals surface area contributed by atoms with Gasteiger partial charge in [0.05, 0.1) is 14.2 Å². The Hall–Kier alpha value is -3.35. The number of hydrogen-bond acceptors (Lipinski definition) is 4. The Morgan fingerprint density at radius 1 is 1.07 bits per heavy atom. The maximum atomic E-state index is 13.4. The first-order valence-electron chi connectivity index (χ1n) is 8.82. The summed E-state index contributed by atoms with van der Waals surface area (Å²) in [6.45, 7) is 1.76. The molecule has 146 valence electrons. The molecule has 0 bridgehead atoms. The van der Waals surface area contributed by atoms with Crippen LogP contribution >= 0.6 is 0 Å². The van der Waals surface area contributed by atoms with E-state index in [4.69, 9.17) is 9.47 Å². The summed E-state index contributed by atoms with van der Waals surface area (Å²) in [5, 5.41) is 9.72. The second-order valence-electron chi connectivity index (χ2n) is 6.41. The lowest BCUT2D eigenvalue weighted by atomic mass is 10.1. The van der Waals surface area contributed by atoms with Gasteiger partial charge >= 0.3 is 0 Å². The third-order valence-corrected chi connectivity index (χ3v) is 4.41. The molecular formula is C21H22FN3O3. The van der Waals surface area contributed by atoms with Gasteiger partial charge in [0.25, 0.3) is 5.91 Å². The van der Waals surface area contributed by atoms with Gasteiger partial charge in [0.1, 0.15) is 17.3 Å². The standard InChI is InChI=1S/C21H22FN3O3/c1-13-4-6-15(22)10-19(13)21(26)23-20-11-16(24-25-20)7-5-14-8-17(27-2)12-18(9-14)28-3/h4,6,8-12H,5,7H2,1-3H3,(H2,23,24,25,26). The third-order valence-electron chi connectivity index (χ3n) is 4.41. The summed E-state index contributed by atoms with van der Waals surface area (Å²) in [5.74, 6) is 1.02. The van der Waals surface area contributed by atoms with Crippen molar-refractivity contribution in [1.29, 1.82) is 0 Å². The van der Waals surface area contributed by atoms with Crippen molar-refractivity contribution in [2.75, 3.05) is 19.5 Å². The monoisotopic (exact) mass is 383 g/mol. The summed E-state index contributed by atoms with van der Waals surface area (Å²) in [6.07, 6.45) is 1.43. The molecule has 0 atom stereocenters. The minimum atomic E-state index is -0.452. The molecule has 1 heterocycles. The number of ether oxygens (including phenoxy) is 2. The van der Waals surface area contributed by atoms with Crippen molar-refractivity contribution in [3.8, 4) is 11.5 Å². The number of aryl methyl sites for hydroxylation is 3. The molecule has 2 N–H and O–H groups in total. The highest BCUT2D eigenvalue weighted by molar-refractivity contribution is 6.04. The molecule has 3 rings (SSSR count). The molecule has 0 aliphatic heterocycles. The van der Waals surface area contributed by atoms with E-state index in [1.54, 1.807) is 33.3 Å². The zero-order valence-electron chi connectivity index (χ0n) is 16.0. The SMILES string of the molecule is COc1cc(CCc2cc(NC(=O)c3cc(F)ccc3C)n[nH]2)cc(OC)c1. The predicted molar refractivity (Wildman–Crippen MR) is 105 cm³/mol. The zero-order chi connectivity index (χ0) is 20.1. The van der Waals surface area contributed by atoms with Gasteiger partial charge in [0.2, 0.25) is 0 Å². The van der Waals surface area contributed by atoms with E-state index in [-0.39, 0.29) is 5.56 Å². The molecule has 0 spiro atoms. The zero-order valence-corrected chi connectivity index (χ0v) is 16.0. The van der Waals surface area contributed by atoms with Crippen LogP contribution in [0.4, 0.5) is 10.2 Å². The van der Waals surface area contributed by atoms with Crippen LogP contribution in [-0.4, -0.2) is 30.3 Å². The molecule has 0 saturated carbocycles. The van der Waals surface area contributed by atoms with Crippen LogP contribution in [0, 0.1) is 12.7 Å². The number of amides is 1. The Morgan fingerprint density at radius 3 is 2.46 bits per heavy atom. The van der Waals surface area contributed by atoms with Crippen LogP contribution in [0.2, 0.25) is 0 Å². The summed E-state index contributed by atoms with van der Waals surface area (Å²) in [7, 11) is 3.23. The highest BCUT2D eigenvalue weighted by atomic mass is 19.1. The normalized spacial score (nSPS) is 10.6. The number of benzene rings is 2. The van der Waals surface area contributed by atoms with Gasteiger partial charge in [-0.25, -0.2) is 4.39 Å². The van der Waals surface area contributed by atoms with Crippen LogP contribution in [0.5, 0.6) is 11.5 Å². The van der Waals surface area contributed by atoms with E-state index < -0.39 is 11.7 Å². The van der Waals surface area contributed by atoms with E-state index >= 15 is 0 Å². The van der Waals surface area contributed by atoms with Crippen molar-refractivity contribution >= 4 is 11.7 Å². The fourth-order valence-electron chi connectivity index (χ4n) is 2.87. The van der Waals surface area contributed by atoms with Crippen molar-refractivity contribution in [3.05, 3.63) is 70.7 Å². The minimum absolute atomic E-state index is 0.285. The lowest BCUT2D eigenvalue weighted by Crippen LogP contribution is -2.14. The summed E-state index contributed by atoms with van der Waals surface area (Å²) in [5.41, 5.74) is 2.91. The largest absolute Gasteiger partial charge is 0.497 e. The molecule has 0 aliphatic carbocycles. The molecule has 1 aromatic heterocycles. The molecule has 28 heavy (non-hydrogen) atoms. The fourth-order valence-corrected chi connectivity index (χ4v) is 2.87. The van der Waals surface area contributed by atoms with Gasteiger partial charge < -0.3 is 14.8 Å². The smallest absolute Gasteiger partial charge is 0.257 e. The molecule has 0 radical (unpaired) electrons. The van der Waals surface area contributed by atoms with E-state index in [0.717, 1.165) is 29.2 Å². The molecule has 3 aromatic rings. The first-order valence-corrected chi connectivity index (χ1v) is 8.82. The number of carbonyl (C=O) groups is 1. The first-order chi connectivity index (χ1) is 13.5. The number of aromatic nitrogens is 2. The van der Waals surface area contributed by atoms with E-state index in [1.807, 2.05) is 18.2 Å². The van der Waals surface area contributed by atoms with E-state index in [1.165, 1.54) is 12.1 Å². The van der Waals surface area contributed by atoms with Gasteiger partial charge in [-0.2, -0.15) is 5.10 Å². The van der Waals surface area contributed by atoms with Crippen molar-refractivity contribution in [2.24, 2.45) is 0 Å². The van der Waals surface area contributed by atoms with Crippen molar-refractivity contribution < 1.29 is 18.7 Å². The van der Waals surface area contributed by atoms with Crippen LogP contribution in [0.1, 0.15) is 27.2 Å². The van der Waals surface area contributed by atoms with Crippen LogP contribution in [0.3, 0.4) is 0 Å². The average Bonchev–Trinajstić information content (AvgIpc) is 3.15. The number of methoxy groups -OCH3 is 2. The number of nitrogens with zero attached hydrogens (tertiary/aromatic N) is 1. The Morgan fingerprint density at radius 2 is 1.79 bits per heavy atom. The fraction of sp³-hybridized carbons (Fsp3) is 0.238. The average molecular weight is 383 g/mol. The highest BCUT2D eigenvalue weighted by Crippen LogP contribution is 2.23. The summed E-state index contributed by atoms with van der Waals surface area (Å²) in [6, 6.07) is 11.6. The van der Waals surface area contributed by atoms with Crippen molar-refractivity contribution in [1.82, 2.24) is 10.2 Å². The van der Waals surface area contributed by atoms with Crippen molar-refractivity contribution in [3.63, 3.8) is 0 Å². The van der Waals surface area contributed by atoms with Crippen LogP contribution < -0.4 is 14.8 Å². The Labute approximate surface area is 162 Å².